The van der Waals surface area contributed by atoms with Crippen molar-refractivity contribution in [1.29, 1.82) is 0 Å². The van der Waals surface area contributed by atoms with Gasteiger partial charge in [0.05, 0.1) is 19.3 Å². The number of halogens is 2. The van der Waals surface area contributed by atoms with Crippen LogP contribution in [0.3, 0.4) is 0 Å². The molecule has 0 saturated carbocycles. The van der Waals surface area contributed by atoms with E-state index in [2.05, 4.69) is 9.62 Å². The van der Waals surface area contributed by atoms with Gasteiger partial charge < -0.3 is 4.74 Å². The first-order chi connectivity index (χ1) is 12.5. The molecule has 140 valence electrons. The molecule has 1 atom stereocenters. The van der Waals surface area contributed by atoms with E-state index in [1.54, 1.807) is 24.3 Å². The largest absolute Gasteiger partial charge is 0.379 e. The molecule has 1 N–H and O–H groups in total. The van der Waals surface area contributed by atoms with Crippen LogP contribution in [0.25, 0.3) is 0 Å². The fourth-order valence-electron chi connectivity index (χ4n) is 2.87. The molecule has 0 unspecified atom stereocenters. The van der Waals surface area contributed by atoms with Gasteiger partial charge in [0.1, 0.15) is 16.5 Å². The summed E-state index contributed by atoms with van der Waals surface area (Å²) in [5.74, 6) is -1.80. The number of sulfonamides is 1. The summed E-state index contributed by atoms with van der Waals surface area (Å²) in [7, 11) is -4.23. The van der Waals surface area contributed by atoms with Gasteiger partial charge in [0.15, 0.2) is 0 Å². The quantitative estimate of drug-likeness (QED) is 0.833. The number of morpholine rings is 1. The van der Waals surface area contributed by atoms with Gasteiger partial charge in [0, 0.05) is 19.6 Å². The maximum atomic E-state index is 14.0. The number of ether oxygens (including phenoxy) is 1. The lowest BCUT2D eigenvalue weighted by Crippen LogP contribution is -2.43. The molecule has 8 heteroatoms. The van der Waals surface area contributed by atoms with Crippen LogP contribution in [0.2, 0.25) is 0 Å². The zero-order chi connectivity index (χ0) is 18.6. The molecule has 2 aromatic carbocycles. The molecule has 0 bridgehead atoms. The maximum absolute atomic E-state index is 14.0. The van der Waals surface area contributed by atoms with Crippen molar-refractivity contribution >= 4 is 10.0 Å². The van der Waals surface area contributed by atoms with Crippen LogP contribution in [0.4, 0.5) is 8.78 Å². The molecular formula is C18H20F2N2O3S. The monoisotopic (exact) mass is 382 g/mol. The average molecular weight is 382 g/mol. The summed E-state index contributed by atoms with van der Waals surface area (Å²) in [5.41, 5.74) is 0.749. The van der Waals surface area contributed by atoms with E-state index in [-0.39, 0.29) is 0 Å². The second-order valence-electron chi connectivity index (χ2n) is 6.07. The van der Waals surface area contributed by atoms with E-state index in [9.17, 15) is 17.2 Å². The molecule has 0 radical (unpaired) electrons. The normalized spacial score (nSPS) is 17.2. The van der Waals surface area contributed by atoms with Gasteiger partial charge >= 0.3 is 0 Å². The number of benzene rings is 2. The fraction of sp³-hybridized carbons (Fsp3) is 0.333. The van der Waals surface area contributed by atoms with Crippen molar-refractivity contribution in [3.05, 3.63) is 65.7 Å². The molecule has 0 amide bonds. The van der Waals surface area contributed by atoms with Gasteiger partial charge in [-0.05, 0) is 23.8 Å². The Morgan fingerprint density at radius 2 is 1.77 bits per heavy atom. The van der Waals surface area contributed by atoms with Gasteiger partial charge in [-0.3, -0.25) is 4.90 Å². The zero-order valence-electron chi connectivity index (χ0n) is 14.1. The Morgan fingerprint density at radius 1 is 1.08 bits per heavy atom. The summed E-state index contributed by atoms with van der Waals surface area (Å²) < 4.78 is 60.6. The summed E-state index contributed by atoms with van der Waals surface area (Å²) in [6.07, 6.45) is 0. The van der Waals surface area contributed by atoms with E-state index in [4.69, 9.17) is 4.74 Å². The van der Waals surface area contributed by atoms with Crippen molar-refractivity contribution in [3.63, 3.8) is 0 Å². The Balaban J connectivity index is 1.87. The Kier molecular flexibility index (Phi) is 5.98. The van der Waals surface area contributed by atoms with E-state index in [1.807, 2.05) is 6.07 Å². The van der Waals surface area contributed by atoms with Crippen molar-refractivity contribution in [2.24, 2.45) is 0 Å². The lowest BCUT2D eigenvalue weighted by atomic mass is 10.1. The molecule has 1 aliphatic rings. The van der Waals surface area contributed by atoms with E-state index >= 15 is 0 Å². The van der Waals surface area contributed by atoms with Crippen molar-refractivity contribution in [2.75, 3.05) is 32.8 Å². The van der Waals surface area contributed by atoms with Gasteiger partial charge in [0.25, 0.3) is 0 Å². The lowest BCUT2D eigenvalue weighted by molar-refractivity contribution is 0.0345. The second-order valence-corrected chi connectivity index (χ2v) is 7.75. The van der Waals surface area contributed by atoms with Gasteiger partial charge in [-0.1, -0.05) is 30.3 Å². The van der Waals surface area contributed by atoms with E-state index in [1.165, 1.54) is 0 Å². The van der Waals surface area contributed by atoms with Crippen molar-refractivity contribution < 1.29 is 21.9 Å². The molecule has 1 fully saturated rings. The first-order valence-corrected chi connectivity index (χ1v) is 9.76. The Hall–Kier alpha value is -1.87. The molecule has 0 aliphatic carbocycles. The average Bonchev–Trinajstić information content (AvgIpc) is 2.64. The van der Waals surface area contributed by atoms with Gasteiger partial charge in [0.2, 0.25) is 10.0 Å². The third kappa shape index (κ3) is 4.64. The Morgan fingerprint density at radius 3 is 2.46 bits per heavy atom. The maximum Gasteiger partial charge on any atom is 0.244 e. The highest BCUT2D eigenvalue weighted by Gasteiger charge is 2.26. The highest BCUT2D eigenvalue weighted by Crippen LogP contribution is 2.21. The second kappa shape index (κ2) is 8.22. The van der Waals surface area contributed by atoms with Crippen LogP contribution in [0.1, 0.15) is 11.6 Å². The molecule has 1 heterocycles. The number of nitrogens with one attached hydrogen (secondary N) is 1. The van der Waals surface area contributed by atoms with Gasteiger partial charge in [-0.25, -0.2) is 21.9 Å². The first-order valence-electron chi connectivity index (χ1n) is 8.28. The van der Waals surface area contributed by atoms with Crippen LogP contribution in [0.5, 0.6) is 0 Å². The molecule has 2 aromatic rings. The smallest absolute Gasteiger partial charge is 0.244 e. The van der Waals surface area contributed by atoms with Crippen molar-refractivity contribution in [1.82, 2.24) is 9.62 Å². The molecule has 3 rings (SSSR count). The third-order valence-corrected chi connectivity index (χ3v) is 5.71. The summed E-state index contributed by atoms with van der Waals surface area (Å²) in [4.78, 5) is 1.38. The van der Waals surface area contributed by atoms with Crippen LogP contribution in [-0.4, -0.2) is 46.2 Å². The summed E-state index contributed by atoms with van der Waals surface area (Å²) >= 11 is 0. The van der Waals surface area contributed by atoms with Crippen LogP contribution >= 0.6 is 0 Å². The predicted octanol–water partition coefficient (Wildman–Crippen LogP) is 2.32. The number of nitrogens with zero attached hydrogens (tertiary/aromatic N) is 1. The summed E-state index contributed by atoms with van der Waals surface area (Å²) in [6.45, 7) is 2.92. The van der Waals surface area contributed by atoms with Crippen LogP contribution < -0.4 is 4.72 Å². The van der Waals surface area contributed by atoms with Crippen molar-refractivity contribution in [3.8, 4) is 0 Å². The predicted molar refractivity (Wildman–Crippen MR) is 93.1 cm³/mol. The van der Waals surface area contributed by atoms with Crippen molar-refractivity contribution in [2.45, 2.75) is 10.9 Å². The van der Waals surface area contributed by atoms with Gasteiger partial charge in [-0.15, -0.1) is 0 Å². The Labute approximate surface area is 151 Å². The van der Waals surface area contributed by atoms with Gasteiger partial charge in [-0.2, -0.15) is 0 Å². The molecule has 1 saturated heterocycles. The number of hydrogen-bond acceptors (Lipinski definition) is 4. The Bertz CT molecular complexity index is 841. The first kappa shape index (κ1) is 18.9. The number of rotatable bonds is 6. The summed E-state index contributed by atoms with van der Waals surface area (Å²) in [6, 6.07) is 10.8. The molecule has 26 heavy (non-hydrogen) atoms. The molecule has 5 nitrogen and oxygen atoms in total. The summed E-state index contributed by atoms with van der Waals surface area (Å²) in [5, 5.41) is 0. The molecular weight excluding hydrogens is 362 g/mol. The highest BCUT2D eigenvalue weighted by atomic mass is 32.2. The third-order valence-electron chi connectivity index (χ3n) is 4.23. The van der Waals surface area contributed by atoms with Crippen LogP contribution in [0, 0.1) is 11.6 Å². The highest BCUT2D eigenvalue weighted by molar-refractivity contribution is 7.89. The van der Waals surface area contributed by atoms with E-state index in [0.29, 0.717) is 38.9 Å². The van der Waals surface area contributed by atoms with Crippen LogP contribution in [-0.2, 0) is 14.8 Å². The molecule has 1 aliphatic heterocycles. The topological polar surface area (TPSA) is 58.6 Å². The van der Waals surface area contributed by atoms with Crippen LogP contribution in [0.15, 0.2) is 53.4 Å². The van der Waals surface area contributed by atoms with E-state index in [0.717, 1.165) is 17.7 Å². The minimum Gasteiger partial charge on any atom is -0.379 e. The standard InChI is InChI=1S/C18H20F2N2O3S/c19-15-6-7-16(20)18(12-15)26(23,24)21-17(14-4-2-1-3-5-14)13-22-8-10-25-11-9-22/h1-7,12,17,21H,8-11,13H2/t17-/m0/s1. The minimum absolute atomic E-state index is 0.406. The zero-order valence-corrected chi connectivity index (χ0v) is 14.9. The molecule has 0 aromatic heterocycles. The fourth-order valence-corrected chi connectivity index (χ4v) is 4.18. The SMILES string of the molecule is O=S(=O)(N[C@@H](CN1CCOCC1)c1ccccc1)c1cc(F)ccc1F. The number of hydrogen-bond donors (Lipinski definition) is 1. The lowest BCUT2D eigenvalue weighted by Gasteiger charge is -2.31. The molecule has 0 spiro atoms. The van der Waals surface area contributed by atoms with E-state index < -0.39 is 32.6 Å². The minimum atomic E-state index is -4.23.